The van der Waals surface area contributed by atoms with Gasteiger partial charge in [-0.1, -0.05) is 60.7 Å². The third-order valence-electron chi connectivity index (χ3n) is 5.44. The van der Waals surface area contributed by atoms with Crippen LogP contribution in [-0.4, -0.2) is 29.8 Å². The van der Waals surface area contributed by atoms with Crippen molar-refractivity contribution in [2.45, 2.75) is 18.4 Å². The number of hydrogen-bond donors (Lipinski definition) is 3. The molecule has 0 fully saturated rings. The maximum absolute atomic E-state index is 12.4. The van der Waals surface area contributed by atoms with E-state index in [1.165, 1.54) is 0 Å². The minimum atomic E-state index is -1.15. The van der Waals surface area contributed by atoms with Gasteiger partial charge >= 0.3 is 12.1 Å². The van der Waals surface area contributed by atoms with Gasteiger partial charge in [-0.25, -0.2) is 15.1 Å². The van der Waals surface area contributed by atoms with E-state index in [-0.39, 0.29) is 18.9 Å². The SMILES string of the molecule is N=Nc1ccc(CC(NC(=O)OCC2c3ccccc3-c3ccccc32)C(=O)O)cc1. The Kier molecular flexibility index (Phi) is 5.75. The predicted octanol–water partition coefficient (Wildman–Crippen LogP) is 4.88. The van der Waals surface area contributed by atoms with E-state index in [0.717, 1.165) is 22.3 Å². The van der Waals surface area contributed by atoms with Crippen molar-refractivity contribution >= 4 is 17.7 Å². The number of hydrogen-bond acceptors (Lipinski definition) is 5. The number of alkyl carbamates (subject to hydrolysis) is 1. The van der Waals surface area contributed by atoms with E-state index in [1.54, 1.807) is 24.3 Å². The summed E-state index contributed by atoms with van der Waals surface area (Å²) >= 11 is 0. The molecule has 3 aromatic carbocycles. The van der Waals surface area contributed by atoms with Crippen LogP contribution in [0, 0.1) is 5.53 Å². The molecule has 0 heterocycles. The lowest BCUT2D eigenvalue weighted by Gasteiger charge is -2.17. The molecule has 0 radical (unpaired) electrons. The minimum absolute atomic E-state index is 0.0948. The average Bonchev–Trinajstić information content (AvgIpc) is 3.11. The molecule has 1 amide bonds. The van der Waals surface area contributed by atoms with Crippen molar-refractivity contribution in [1.82, 2.24) is 5.32 Å². The fraction of sp³-hybridized carbons (Fsp3) is 0.167. The quantitative estimate of drug-likeness (QED) is 0.477. The molecule has 0 saturated heterocycles. The Labute approximate surface area is 179 Å². The number of carbonyl (C=O) groups excluding carboxylic acids is 1. The zero-order valence-electron chi connectivity index (χ0n) is 16.6. The van der Waals surface area contributed by atoms with Crippen LogP contribution in [0.2, 0.25) is 0 Å². The van der Waals surface area contributed by atoms with Crippen molar-refractivity contribution in [3.8, 4) is 11.1 Å². The number of amides is 1. The van der Waals surface area contributed by atoms with Crippen LogP contribution in [0.3, 0.4) is 0 Å². The van der Waals surface area contributed by atoms with Crippen LogP contribution >= 0.6 is 0 Å². The number of carboxylic acid groups (broad SMARTS) is 1. The standard InChI is InChI=1S/C24H21N3O4/c25-27-16-11-9-15(10-12-16)13-22(23(28)29)26-24(30)31-14-21-19-7-3-1-5-17(19)18-6-2-4-8-20(18)21/h1-12,21-22,25H,13-14H2,(H,26,30)(H,28,29). The monoisotopic (exact) mass is 415 g/mol. The van der Waals surface area contributed by atoms with Gasteiger partial charge in [-0.2, -0.15) is 5.11 Å². The van der Waals surface area contributed by atoms with Crippen LogP contribution in [0.4, 0.5) is 10.5 Å². The summed E-state index contributed by atoms with van der Waals surface area (Å²) in [6, 6.07) is 21.5. The fourth-order valence-electron chi connectivity index (χ4n) is 3.92. The molecule has 1 aliphatic rings. The summed E-state index contributed by atoms with van der Waals surface area (Å²) < 4.78 is 5.44. The van der Waals surface area contributed by atoms with Crippen molar-refractivity contribution in [3.63, 3.8) is 0 Å². The van der Waals surface area contributed by atoms with E-state index in [9.17, 15) is 14.7 Å². The largest absolute Gasteiger partial charge is 0.480 e. The summed E-state index contributed by atoms with van der Waals surface area (Å²) in [5, 5.41) is 15.3. The highest BCUT2D eigenvalue weighted by Gasteiger charge is 2.29. The highest BCUT2D eigenvalue weighted by molar-refractivity contribution is 5.81. The van der Waals surface area contributed by atoms with Crippen LogP contribution in [0.1, 0.15) is 22.6 Å². The fourth-order valence-corrected chi connectivity index (χ4v) is 3.92. The summed E-state index contributed by atoms with van der Waals surface area (Å²) in [5.74, 6) is -1.25. The molecular weight excluding hydrogens is 394 g/mol. The van der Waals surface area contributed by atoms with Gasteiger partial charge in [-0.05, 0) is 39.9 Å². The number of nitrogens with zero attached hydrogens (tertiary/aromatic N) is 1. The molecule has 0 aromatic heterocycles. The normalized spacial score (nSPS) is 13.0. The van der Waals surface area contributed by atoms with Gasteiger partial charge in [0.25, 0.3) is 0 Å². The van der Waals surface area contributed by atoms with Gasteiger partial charge in [-0.15, -0.1) is 0 Å². The van der Waals surface area contributed by atoms with Crippen molar-refractivity contribution in [1.29, 1.82) is 5.53 Å². The smallest absolute Gasteiger partial charge is 0.407 e. The molecule has 156 valence electrons. The van der Waals surface area contributed by atoms with Gasteiger partial charge in [0.15, 0.2) is 0 Å². The summed E-state index contributed by atoms with van der Waals surface area (Å²) in [5.41, 5.74) is 12.6. The van der Waals surface area contributed by atoms with Gasteiger partial charge in [0.2, 0.25) is 0 Å². The Balaban J connectivity index is 1.42. The van der Waals surface area contributed by atoms with Gasteiger partial charge in [0.05, 0.1) is 5.69 Å². The highest BCUT2D eigenvalue weighted by atomic mass is 16.5. The topological polar surface area (TPSA) is 112 Å². The summed E-state index contributed by atoms with van der Waals surface area (Å²) in [6.07, 6.45) is -0.676. The van der Waals surface area contributed by atoms with Crippen LogP contribution < -0.4 is 5.32 Å². The molecule has 3 aromatic rings. The maximum Gasteiger partial charge on any atom is 0.407 e. The number of carbonyl (C=O) groups is 2. The number of nitrogens with one attached hydrogen (secondary N) is 2. The van der Waals surface area contributed by atoms with Gasteiger partial charge in [0, 0.05) is 12.3 Å². The molecular formula is C24H21N3O4. The molecule has 0 spiro atoms. The second-order valence-electron chi connectivity index (χ2n) is 7.34. The van der Waals surface area contributed by atoms with Crippen LogP contribution in [0.25, 0.3) is 11.1 Å². The van der Waals surface area contributed by atoms with Crippen molar-refractivity contribution in [3.05, 3.63) is 89.5 Å². The lowest BCUT2D eigenvalue weighted by molar-refractivity contribution is -0.139. The van der Waals surface area contributed by atoms with Crippen LogP contribution in [0.5, 0.6) is 0 Å². The first-order valence-corrected chi connectivity index (χ1v) is 9.87. The number of fused-ring (bicyclic) bond motifs is 3. The first kappa shape index (κ1) is 20.3. The highest BCUT2D eigenvalue weighted by Crippen LogP contribution is 2.44. The average molecular weight is 415 g/mol. The molecule has 31 heavy (non-hydrogen) atoms. The Morgan fingerprint density at radius 1 is 0.968 bits per heavy atom. The number of carboxylic acids is 1. The molecule has 1 unspecified atom stereocenters. The predicted molar refractivity (Wildman–Crippen MR) is 115 cm³/mol. The molecule has 7 heteroatoms. The van der Waals surface area contributed by atoms with E-state index in [1.807, 2.05) is 48.5 Å². The first-order valence-electron chi connectivity index (χ1n) is 9.87. The first-order chi connectivity index (χ1) is 15.1. The van der Waals surface area contributed by atoms with E-state index in [0.29, 0.717) is 11.3 Å². The van der Waals surface area contributed by atoms with Crippen molar-refractivity contribution in [2.75, 3.05) is 6.61 Å². The summed E-state index contributed by atoms with van der Waals surface area (Å²) in [4.78, 5) is 24.0. The second-order valence-corrected chi connectivity index (χ2v) is 7.34. The Hall–Kier alpha value is -4.00. The zero-order valence-corrected chi connectivity index (χ0v) is 16.6. The number of ether oxygens (including phenoxy) is 1. The van der Waals surface area contributed by atoms with E-state index in [4.69, 9.17) is 10.3 Å². The lowest BCUT2D eigenvalue weighted by Crippen LogP contribution is -2.42. The Morgan fingerprint density at radius 2 is 1.55 bits per heavy atom. The maximum atomic E-state index is 12.4. The molecule has 1 atom stereocenters. The van der Waals surface area contributed by atoms with Crippen molar-refractivity contribution < 1.29 is 19.4 Å². The van der Waals surface area contributed by atoms with Crippen molar-refractivity contribution in [2.24, 2.45) is 5.11 Å². The molecule has 4 rings (SSSR count). The van der Waals surface area contributed by atoms with E-state index < -0.39 is 18.1 Å². The number of aliphatic carboxylic acids is 1. The van der Waals surface area contributed by atoms with E-state index in [2.05, 4.69) is 10.4 Å². The Bertz CT molecular complexity index is 1080. The lowest BCUT2D eigenvalue weighted by atomic mass is 9.98. The Morgan fingerprint density at radius 3 is 2.10 bits per heavy atom. The summed E-state index contributed by atoms with van der Waals surface area (Å²) in [6.45, 7) is 0.117. The molecule has 0 bridgehead atoms. The third-order valence-corrected chi connectivity index (χ3v) is 5.44. The van der Waals surface area contributed by atoms with Gasteiger partial charge < -0.3 is 15.2 Å². The zero-order chi connectivity index (χ0) is 21.8. The second kappa shape index (κ2) is 8.79. The number of benzene rings is 3. The van der Waals surface area contributed by atoms with Crippen LogP contribution in [-0.2, 0) is 16.0 Å². The number of rotatable bonds is 7. The van der Waals surface area contributed by atoms with Crippen LogP contribution in [0.15, 0.2) is 77.9 Å². The minimum Gasteiger partial charge on any atom is -0.480 e. The molecule has 0 aliphatic heterocycles. The van der Waals surface area contributed by atoms with Gasteiger partial charge in [-0.3, -0.25) is 0 Å². The van der Waals surface area contributed by atoms with E-state index >= 15 is 0 Å². The molecule has 7 nitrogen and oxygen atoms in total. The molecule has 3 N–H and O–H groups in total. The molecule has 1 aliphatic carbocycles. The molecule has 0 saturated carbocycles. The third kappa shape index (κ3) is 4.30. The summed E-state index contributed by atoms with van der Waals surface area (Å²) in [7, 11) is 0. The van der Waals surface area contributed by atoms with Gasteiger partial charge in [0.1, 0.15) is 12.6 Å².